The smallest absolute Gasteiger partial charge is 0.335 e. The summed E-state index contributed by atoms with van der Waals surface area (Å²) in [5.41, 5.74) is 12.0. The number of hydrogen-bond acceptors (Lipinski definition) is 4. The minimum atomic E-state index is -0.946. The molecule has 0 saturated carbocycles. The number of nitrogens with two attached hydrogens (primary N) is 1. The van der Waals surface area contributed by atoms with E-state index in [1.807, 2.05) is 31.2 Å². The van der Waals surface area contributed by atoms with E-state index < -0.39 is 5.97 Å². The van der Waals surface area contributed by atoms with Crippen molar-refractivity contribution in [2.45, 2.75) is 6.92 Å². The second kappa shape index (κ2) is 5.88. The van der Waals surface area contributed by atoms with E-state index in [0.29, 0.717) is 5.69 Å². The van der Waals surface area contributed by atoms with Crippen LogP contribution in [0.4, 0.5) is 11.4 Å². The zero-order valence-electron chi connectivity index (χ0n) is 11.0. The molecule has 0 fully saturated rings. The SMILES string of the molecule is C/C(=N/Nc1ccc(C(=O)O)cc1)c1ccc(N)cc1. The molecule has 0 saturated heterocycles. The number of rotatable bonds is 4. The number of carbonyl (C=O) groups is 1. The topological polar surface area (TPSA) is 87.7 Å². The minimum Gasteiger partial charge on any atom is -0.478 e. The summed E-state index contributed by atoms with van der Waals surface area (Å²) in [6.45, 7) is 1.88. The Morgan fingerprint density at radius 3 is 2.15 bits per heavy atom. The van der Waals surface area contributed by atoms with Gasteiger partial charge < -0.3 is 10.8 Å². The third kappa shape index (κ3) is 3.35. The van der Waals surface area contributed by atoms with Gasteiger partial charge in [0, 0.05) is 5.69 Å². The summed E-state index contributed by atoms with van der Waals surface area (Å²) in [6.07, 6.45) is 0. The molecule has 0 aliphatic heterocycles. The van der Waals surface area contributed by atoms with Crippen LogP contribution in [-0.4, -0.2) is 16.8 Å². The molecule has 0 aliphatic carbocycles. The van der Waals surface area contributed by atoms with Gasteiger partial charge >= 0.3 is 5.97 Å². The van der Waals surface area contributed by atoms with Gasteiger partial charge in [-0.1, -0.05) is 12.1 Å². The molecule has 0 unspecified atom stereocenters. The first-order valence-corrected chi connectivity index (χ1v) is 6.06. The molecule has 0 aliphatic rings. The molecule has 2 rings (SSSR count). The minimum absolute atomic E-state index is 0.245. The van der Waals surface area contributed by atoms with E-state index >= 15 is 0 Å². The fourth-order valence-electron chi connectivity index (χ4n) is 1.62. The normalized spacial score (nSPS) is 11.2. The Morgan fingerprint density at radius 2 is 1.60 bits per heavy atom. The second-order valence-corrected chi connectivity index (χ2v) is 4.31. The van der Waals surface area contributed by atoms with Gasteiger partial charge in [0.25, 0.3) is 0 Å². The van der Waals surface area contributed by atoms with Crippen molar-refractivity contribution < 1.29 is 9.90 Å². The number of anilines is 2. The molecule has 5 nitrogen and oxygen atoms in total. The van der Waals surface area contributed by atoms with Gasteiger partial charge in [-0.15, -0.1) is 0 Å². The van der Waals surface area contributed by atoms with Gasteiger partial charge in [-0.05, 0) is 48.9 Å². The monoisotopic (exact) mass is 269 g/mol. The van der Waals surface area contributed by atoms with Crippen LogP contribution in [-0.2, 0) is 0 Å². The van der Waals surface area contributed by atoms with Crippen LogP contribution in [0.2, 0.25) is 0 Å². The van der Waals surface area contributed by atoms with Crippen molar-refractivity contribution in [1.29, 1.82) is 0 Å². The van der Waals surface area contributed by atoms with Crippen molar-refractivity contribution in [3.63, 3.8) is 0 Å². The zero-order valence-corrected chi connectivity index (χ0v) is 11.0. The van der Waals surface area contributed by atoms with Crippen LogP contribution in [0.15, 0.2) is 53.6 Å². The van der Waals surface area contributed by atoms with Crippen LogP contribution in [0, 0.1) is 0 Å². The lowest BCUT2D eigenvalue weighted by Gasteiger charge is -2.04. The van der Waals surface area contributed by atoms with Crippen LogP contribution < -0.4 is 11.2 Å². The maximum Gasteiger partial charge on any atom is 0.335 e. The first-order valence-electron chi connectivity index (χ1n) is 6.06. The van der Waals surface area contributed by atoms with Gasteiger partial charge in [-0.2, -0.15) is 5.10 Å². The van der Waals surface area contributed by atoms with Crippen molar-refractivity contribution in [3.05, 3.63) is 59.7 Å². The lowest BCUT2D eigenvalue weighted by atomic mass is 10.1. The van der Waals surface area contributed by atoms with Gasteiger partial charge in [-0.3, -0.25) is 5.43 Å². The Labute approximate surface area is 116 Å². The third-order valence-corrected chi connectivity index (χ3v) is 2.81. The Hall–Kier alpha value is -2.82. The predicted molar refractivity (Wildman–Crippen MR) is 80.1 cm³/mol. The number of carboxylic acid groups (broad SMARTS) is 1. The molecule has 0 bridgehead atoms. The van der Waals surface area contributed by atoms with Crippen molar-refractivity contribution in [2.75, 3.05) is 11.2 Å². The lowest BCUT2D eigenvalue weighted by Crippen LogP contribution is -2.00. The van der Waals surface area contributed by atoms with Gasteiger partial charge in [-0.25, -0.2) is 4.79 Å². The summed E-state index contributed by atoms with van der Waals surface area (Å²) in [5, 5.41) is 13.1. The largest absolute Gasteiger partial charge is 0.478 e. The number of benzene rings is 2. The zero-order chi connectivity index (χ0) is 14.5. The average Bonchev–Trinajstić information content (AvgIpc) is 2.46. The van der Waals surface area contributed by atoms with Gasteiger partial charge in [0.05, 0.1) is 17.0 Å². The molecule has 2 aromatic carbocycles. The molecule has 0 amide bonds. The van der Waals surface area contributed by atoms with Gasteiger partial charge in [0.2, 0.25) is 0 Å². The molecule has 0 radical (unpaired) electrons. The summed E-state index contributed by atoms with van der Waals surface area (Å²) < 4.78 is 0. The highest BCUT2D eigenvalue weighted by Crippen LogP contribution is 2.11. The molecule has 0 spiro atoms. The van der Waals surface area contributed by atoms with E-state index in [1.54, 1.807) is 12.1 Å². The molecule has 0 heterocycles. The molecule has 20 heavy (non-hydrogen) atoms. The Balaban J connectivity index is 2.08. The molecule has 102 valence electrons. The highest BCUT2D eigenvalue weighted by Gasteiger charge is 2.01. The Morgan fingerprint density at radius 1 is 1.05 bits per heavy atom. The van der Waals surface area contributed by atoms with Crippen molar-refractivity contribution in [2.24, 2.45) is 5.10 Å². The van der Waals surface area contributed by atoms with Gasteiger partial charge in [0.15, 0.2) is 0 Å². The van der Waals surface area contributed by atoms with E-state index in [9.17, 15) is 4.79 Å². The van der Waals surface area contributed by atoms with E-state index in [-0.39, 0.29) is 5.56 Å². The first-order chi connectivity index (χ1) is 9.56. The average molecular weight is 269 g/mol. The number of hydrazone groups is 1. The third-order valence-electron chi connectivity index (χ3n) is 2.81. The first kappa shape index (κ1) is 13.6. The highest BCUT2D eigenvalue weighted by molar-refractivity contribution is 5.99. The number of carboxylic acids is 1. The van der Waals surface area contributed by atoms with Crippen molar-refractivity contribution in [1.82, 2.24) is 0 Å². The molecular formula is C15H15N3O2. The summed E-state index contributed by atoms with van der Waals surface area (Å²) >= 11 is 0. The van der Waals surface area contributed by atoms with Crippen LogP contribution in [0.5, 0.6) is 0 Å². The molecule has 4 N–H and O–H groups in total. The van der Waals surface area contributed by atoms with Crippen LogP contribution in [0.3, 0.4) is 0 Å². The van der Waals surface area contributed by atoms with Crippen LogP contribution >= 0.6 is 0 Å². The maximum absolute atomic E-state index is 10.7. The Kier molecular flexibility index (Phi) is 4.00. The van der Waals surface area contributed by atoms with E-state index in [2.05, 4.69) is 10.5 Å². The van der Waals surface area contributed by atoms with Crippen LogP contribution in [0.1, 0.15) is 22.8 Å². The number of aromatic carboxylic acids is 1. The lowest BCUT2D eigenvalue weighted by molar-refractivity contribution is 0.0697. The highest BCUT2D eigenvalue weighted by atomic mass is 16.4. The molecule has 5 heteroatoms. The number of nitrogen functional groups attached to an aromatic ring is 1. The van der Waals surface area contributed by atoms with Gasteiger partial charge in [0.1, 0.15) is 0 Å². The number of nitrogens with one attached hydrogen (secondary N) is 1. The Bertz CT molecular complexity index is 631. The standard InChI is InChI=1S/C15H15N3O2/c1-10(11-2-6-13(16)7-3-11)17-18-14-8-4-12(5-9-14)15(19)20/h2-9,18H,16H2,1H3,(H,19,20)/b17-10-. The summed E-state index contributed by atoms with van der Waals surface area (Å²) in [5.74, 6) is -0.946. The molecule has 2 aromatic rings. The summed E-state index contributed by atoms with van der Waals surface area (Å²) in [6, 6.07) is 13.8. The van der Waals surface area contributed by atoms with E-state index in [1.165, 1.54) is 12.1 Å². The maximum atomic E-state index is 10.7. The molecular weight excluding hydrogens is 254 g/mol. The molecule has 0 atom stereocenters. The number of hydrogen-bond donors (Lipinski definition) is 3. The van der Waals surface area contributed by atoms with E-state index in [4.69, 9.17) is 10.8 Å². The quantitative estimate of drug-likeness (QED) is 0.452. The molecule has 0 aromatic heterocycles. The van der Waals surface area contributed by atoms with E-state index in [0.717, 1.165) is 17.0 Å². The fraction of sp³-hybridized carbons (Fsp3) is 0.0667. The second-order valence-electron chi connectivity index (χ2n) is 4.31. The fourth-order valence-corrected chi connectivity index (χ4v) is 1.62. The summed E-state index contributed by atoms with van der Waals surface area (Å²) in [7, 11) is 0. The number of nitrogens with zero attached hydrogens (tertiary/aromatic N) is 1. The predicted octanol–water partition coefficient (Wildman–Crippen LogP) is 2.80. The van der Waals surface area contributed by atoms with Crippen molar-refractivity contribution in [3.8, 4) is 0 Å². The van der Waals surface area contributed by atoms with Crippen LogP contribution in [0.25, 0.3) is 0 Å². The summed E-state index contributed by atoms with van der Waals surface area (Å²) in [4.78, 5) is 10.7. The van der Waals surface area contributed by atoms with Crippen molar-refractivity contribution >= 4 is 23.1 Å².